The minimum atomic E-state index is -3.55. The fourth-order valence-electron chi connectivity index (χ4n) is 1.12. The molecule has 1 rings (SSSR count). The Labute approximate surface area is 87.8 Å². The molecule has 2 N–H and O–H groups in total. The molecule has 1 aromatic carbocycles. The Morgan fingerprint density at radius 2 is 1.87 bits per heavy atom. The molecular formula is C9H11NO4S. The molecule has 0 fully saturated rings. The highest BCUT2D eigenvalue weighted by molar-refractivity contribution is 7.88. The number of sulfonamides is 1. The molecule has 0 saturated carbocycles. The van der Waals surface area contributed by atoms with E-state index in [0.717, 1.165) is 6.26 Å². The number of aliphatic carboxylic acids is 1. The van der Waals surface area contributed by atoms with Crippen molar-refractivity contribution in [2.24, 2.45) is 0 Å². The van der Waals surface area contributed by atoms with Gasteiger partial charge in [0.05, 0.1) is 6.26 Å². The third-order valence-corrected chi connectivity index (χ3v) is 2.38. The first-order valence-electron chi connectivity index (χ1n) is 4.15. The van der Waals surface area contributed by atoms with Crippen LogP contribution in [0.4, 0.5) is 0 Å². The molecule has 15 heavy (non-hydrogen) atoms. The quantitative estimate of drug-likeness (QED) is 0.781. The summed E-state index contributed by atoms with van der Waals surface area (Å²) in [6, 6.07) is 6.89. The topological polar surface area (TPSA) is 83.5 Å². The SMILES string of the molecule is CS(=O)(=O)N[C@H](C(=O)O)c1ccccc1. The number of rotatable bonds is 4. The number of nitrogens with one attached hydrogen (secondary N) is 1. The summed E-state index contributed by atoms with van der Waals surface area (Å²) in [6.07, 6.45) is 0.922. The number of carboxylic acids is 1. The Morgan fingerprint density at radius 1 is 1.33 bits per heavy atom. The molecule has 0 aliphatic carbocycles. The zero-order chi connectivity index (χ0) is 11.5. The van der Waals surface area contributed by atoms with E-state index in [1.165, 1.54) is 0 Å². The maximum atomic E-state index is 10.9. The number of benzene rings is 1. The normalized spacial score (nSPS) is 13.4. The summed E-state index contributed by atoms with van der Waals surface area (Å²) in [4.78, 5) is 10.9. The van der Waals surface area contributed by atoms with Crippen LogP contribution in [0.5, 0.6) is 0 Å². The van der Waals surface area contributed by atoms with Crippen molar-refractivity contribution < 1.29 is 18.3 Å². The van der Waals surface area contributed by atoms with Crippen molar-refractivity contribution in [3.63, 3.8) is 0 Å². The summed E-state index contributed by atoms with van der Waals surface area (Å²) in [7, 11) is -3.55. The van der Waals surface area contributed by atoms with Gasteiger partial charge in [-0.25, -0.2) is 8.42 Å². The Balaban J connectivity index is 3.00. The Hall–Kier alpha value is -1.40. The lowest BCUT2D eigenvalue weighted by Gasteiger charge is -2.12. The molecule has 0 spiro atoms. The van der Waals surface area contributed by atoms with Gasteiger partial charge in [0.1, 0.15) is 6.04 Å². The molecule has 0 amide bonds. The van der Waals surface area contributed by atoms with Gasteiger partial charge in [0, 0.05) is 0 Å². The van der Waals surface area contributed by atoms with Crippen molar-refractivity contribution in [2.75, 3.05) is 6.26 Å². The zero-order valence-corrected chi connectivity index (χ0v) is 8.86. The average molecular weight is 229 g/mol. The van der Waals surface area contributed by atoms with Crippen LogP contribution in [0, 0.1) is 0 Å². The van der Waals surface area contributed by atoms with Gasteiger partial charge in [-0.2, -0.15) is 4.72 Å². The molecule has 82 valence electrons. The van der Waals surface area contributed by atoms with Gasteiger partial charge in [-0.05, 0) is 5.56 Å². The molecule has 5 nitrogen and oxygen atoms in total. The highest BCUT2D eigenvalue weighted by Gasteiger charge is 2.22. The summed E-state index contributed by atoms with van der Waals surface area (Å²) in [6.45, 7) is 0. The molecule has 0 aliphatic heterocycles. The van der Waals surface area contributed by atoms with Crippen molar-refractivity contribution in [1.82, 2.24) is 4.72 Å². The molecule has 0 bridgehead atoms. The van der Waals surface area contributed by atoms with Crippen LogP contribution in [-0.4, -0.2) is 25.7 Å². The van der Waals surface area contributed by atoms with Gasteiger partial charge < -0.3 is 5.11 Å². The monoisotopic (exact) mass is 229 g/mol. The van der Waals surface area contributed by atoms with Gasteiger partial charge in [-0.1, -0.05) is 30.3 Å². The van der Waals surface area contributed by atoms with Crippen LogP contribution in [0.2, 0.25) is 0 Å². The molecule has 1 aromatic rings. The molecule has 0 heterocycles. The number of hydrogen-bond acceptors (Lipinski definition) is 3. The molecule has 0 aliphatic rings. The lowest BCUT2D eigenvalue weighted by molar-refractivity contribution is -0.139. The lowest BCUT2D eigenvalue weighted by Crippen LogP contribution is -2.32. The standard InChI is InChI=1S/C9H11NO4S/c1-15(13,14)10-8(9(11)12)7-5-3-2-4-6-7/h2-6,8,10H,1H3,(H,11,12)/t8-/m0/s1. The van der Waals surface area contributed by atoms with Crippen LogP contribution < -0.4 is 4.72 Å². The number of carbonyl (C=O) groups is 1. The largest absolute Gasteiger partial charge is 0.480 e. The predicted molar refractivity (Wildman–Crippen MR) is 54.8 cm³/mol. The molecular weight excluding hydrogens is 218 g/mol. The van der Waals surface area contributed by atoms with Gasteiger partial charge in [0.15, 0.2) is 0 Å². The third-order valence-electron chi connectivity index (χ3n) is 1.71. The minimum Gasteiger partial charge on any atom is -0.480 e. The predicted octanol–water partition coefficient (Wildman–Crippen LogP) is 0.361. The summed E-state index contributed by atoms with van der Waals surface area (Å²) in [5.74, 6) is -1.23. The summed E-state index contributed by atoms with van der Waals surface area (Å²) in [5, 5.41) is 8.86. The first-order valence-corrected chi connectivity index (χ1v) is 6.04. The zero-order valence-electron chi connectivity index (χ0n) is 8.04. The second-order valence-electron chi connectivity index (χ2n) is 3.07. The van der Waals surface area contributed by atoms with Gasteiger partial charge in [-0.15, -0.1) is 0 Å². The average Bonchev–Trinajstić information content (AvgIpc) is 2.14. The Bertz CT molecular complexity index is 440. The van der Waals surface area contributed by atoms with Gasteiger partial charge in [-0.3, -0.25) is 4.79 Å². The Kier molecular flexibility index (Phi) is 3.43. The van der Waals surface area contributed by atoms with E-state index >= 15 is 0 Å². The first kappa shape index (κ1) is 11.7. The van der Waals surface area contributed by atoms with Gasteiger partial charge in [0.2, 0.25) is 10.0 Å². The van der Waals surface area contributed by atoms with E-state index in [2.05, 4.69) is 0 Å². The van der Waals surface area contributed by atoms with E-state index < -0.39 is 22.0 Å². The van der Waals surface area contributed by atoms with Crippen LogP contribution in [-0.2, 0) is 14.8 Å². The molecule has 1 atom stereocenters. The van der Waals surface area contributed by atoms with Crippen molar-refractivity contribution in [2.45, 2.75) is 6.04 Å². The van der Waals surface area contributed by atoms with Crippen molar-refractivity contribution in [3.8, 4) is 0 Å². The van der Waals surface area contributed by atoms with E-state index in [4.69, 9.17) is 5.11 Å². The highest BCUT2D eigenvalue weighted by atomic mass is 32.2. The van der Waals surface area contributed by atoms with Crippen LogP contribution in [0.25, 0.3) is 0 Å². The maximum absolute atomic E-state index is 10.9. The van der Waals surface area contributed by atoms with E-state index in [0.29, 0.717) is 5.56 Å². The van der Waals surface area contributed by atoms with E-state index in [1.54, 1.807) is 30.3 Å². The van der Waals surface area contributed by atoms with Crippen molar-refractivity contribution in [1.29, 1.82) is 0 Å². The smallest absolute Gasteiger partial charge is 0.326 e. The van der Waals surface area contributed by atoms with Crippen LogP contribution >= 0.6 is 0 Å². The molecule has 0 saturated heterocycles. The van der Waals surface area contributed by atoms with Crippen molar-refractivity contribution >= 4 is 16.0 Å². The lowest BCUT2D eigenvalue weighted by atomic mass is 10.1. The van der Waals surface area contributed by atoms with Crippen molar-refractivity contribution in [3.05, 3.63) is 35.9 Å². The third kappa shape index (κ3) is 3.69. The fourth-order valence-corrected chi connectivity index (χ4v) is 1.79. The van der Waals surface area contributed by atoms with E-state index in [1.807, 2.05) is 4.72 Å². The fraction of sp³-hybridized carbons (Fsp3) is 0.222. The number of hydrogen-bond donors (Lipinski definition) is 2. The van der Waals surface area contributed by atoms with Crippen LogP contribution in [0.3, 0.4) is 0 Å². The van der Waals surface area contributed by atoms with Crippen LogP contribution in [0.15, 0.2) is 30.3 Å². The van der Waals surface area contributed by atoms with Gasteiger partial charge >= 0.3 is 5.97 Å². The summed E-state index contributed by atoms with van der Waals surface area (Å²) in [5.41, 5.74) is 0.399. The molecule has 0 unspecified atom stereocenters. The van der Waals surface area contributed by atoms with E-state index in [9.17, 15) is 13.2 Å². The second kappa shape index (κ2) is 4.41. The minimum absolute atomic E-state index is 0.399. The van der Waals surface area contributed by atoms with Gasteiger partial charge in [0.25, 0.3) is 0 Å². The molecule has 0 radical (unpaired) electrons. The maximum Gasteiger partial charge on any atom is 0.326 e. The highest BCUT2D eigenvalue weighted by Crippen LogP contribution is 2.13. The second-order valence-corrected chi connectivity index (χ2v) is 4.85. The first-order chi connectivity index (χ1) is 6.90. The number of carboxylic acid groups (broad SMARTS) is 1. The molecule has 0 aromatic heterocycles. The molecule has 6 heteroatoms. The van der Waals surface area contributed by atoms with E-state index in [-0.39, 0.29) is 0 Å². The Morgan fingerprint density at radius 3 is 2.27 bits per heavy atom. The van der Waals surface area contributed by atoms with Crippen LogP contribution in [0.1, 0.15) is 11.6 Å². The summed E-state index contributed by atoms with van der Waals surface area (Å²) < 4.78 is 23.9. The summed E-state index contributed by atoms with van der Waals surface area (Å²) >= 11 is 0.